The van der Waals surface area contributed by atoms with Gasteiger partial charge in [0.1, 0.15) is 16.5 Å². The Labute approximate surface area is 246 Å². The number of hydrogen-bond donors (Lipinski definition) is 1. The van der Waals surface area contributed by atoms with Crippen LogP contribution >= 0.6 is 0 Å². The second kappa shape index (κ2) is 12.2. The van der Waals surface area contributed by atoms with Gasteiger partial charge in [-0.2, -0.15) is 0 Å². The summed E-state index contributed by atoms with van der Waals surface area (Å²) in [6.45, 7) is 5.91. The quantitative estimate of drug-likeness (QED) is 0.244. The monoisotopic (exact) mass is 591 g/mol. The van der Waals surface area contributed by atoms with Gasteiger partial charge >= 0.3 is 0 Å². The van der Waals surface area contributed by atoms with Crippen LogP contribution in [0.2, 0.25) is 0 Å². The molecule has 12 heteroatoms. The summed E-state index contributed by atoms with van der Waals surface area (Å²) in [5.74, 6) is 2.44. The van der Waals surface area contributed by atoms with Crippen LogP contribution in [0.1, 0.15) is 31.7 Å². The number of nitrogens with two attached hydrogens (primary N) is 1. The predicted octanol–water partition coefficient (Wildman–Crippen LogP) is 3.88. The number of methoxy groups -OCH3 is 1. The fourth-order valence-electron chi connectivity index (χ4n) is 4.83. The molecule has 0 amide bonds. The van der Waals surface area contributed by atoms with Gasteiger partial charge in [-0.3, -0.25) is 9.29 Å². The highest BCUT2D eigenvalue weighted by Gasteiger charge is 2.35. The van der Waals surface area contributed by atoms with Gasteiger partial charge in [-0.05, 0) is 61.4 Å². The van der Waals surface area contributed by atoms with Gasteiger partial charge in [-0.15, -0.1) is 10.2 Å². The van der Waals surface area contributed by atoms with E-state index in [1.165, 1.54) is 25.5 Å². The predicted molar refractivity (Wildman–Crippen MR) is 160 cm³/mol. The summed E-state index contributed by atoms with van der Waals surface area (Å²) in [6, 6.07) is 16.4. The fourth-order valence-corrected chi connectivity index (χ4v) is 5.93. The molecule has 0 bridgehead atoms. The van der Waals surface area contributed by atoms with Crippen molar-refractivity contribution in [2.45, 2.75) is 37.1 Å². The Kier molecular flexibility index (Phi) is 8.58. The zero-order valence-electron chi connectivity index (χ0n) is 24.3. The molecule has 0 spiro atoms. The topological polar surface area (TPSA) is 141 Å². The van der Waals surface area contributed by atoms with Crippen molar-refractivity contribution in [1.82, 2.24) is 20.2 Å². The van der Waals surface area contributed by atoms with Gasteiger partial charge in [0.2, 0.25) is 11.8 Å². The van der Waals surface area contributed by atoms with E-state index >= 15 is 0 Å². The molecule has 2 unspecified atom stereocenters. The van der Waals surface area contributed by atoms with E-state index in [1.807, 2.05) is 43.3 Å². The first-order valence-electron chi connectivity index (χ1n) is 13.9. The van der Waals surface area contributed by atoms with Gasteiger partial charge in [0.15, 0.2) is 0 Å². The first-order valence-corrected chi connectivity index (χ1v) is 15.3. The van der Waals surface area contributed by atoms with Gasteiger partial charge < -0.3 is 19.8 Å². The Bertz CT molecular complexity index is 1600. The molecule has 1 saturated carbocycles. The standard InChI is InChI=1S/C30H37N7O4S/c1-21-15-24(21)20-37(13-14-40-4)27-17-23(16-26(33-27)36(3)42(38,39)25-11-8-12-32-19-25)28-34-35-29(41-28)30(2,31)18-22-9-6-5-7-10-22/h5-12,16-17,19,21,24H,13-15,18,20,31H2,1-4H3/t21?,24?,30-/m1/s1. The fraction of sp³-hybridized carbons (Fsp3) is 0.400. The van der Waals surface area contributed by atoms with Crippen LogP contribution in [-0.4, -0.2) is 62.4 Å². The maximum Gasteiger partial charge on any atom is 0.266 e. The molecule has 4 aromatic rings. The molecular formula is C30H37N7O4S. The Morgan fingerprint density at radius 3 is 2.52 bits per heavy atom. The molecule has 0 aliphatic heterocycles. The van der Waals surface area contributed by atoms with Crippen LogP contribution in [0, 0.1) is 11.8 Å². The minimum Gasteiger partial charge on any atom is -0.419 e. The van der Waals surface area contributed by atoms with Crippen LogP contribution in [0.5, 0.6) is 0 Å². The summed E-state index contributed by atoms with van der Waals surface area (Å²) in [4.78, 5) is 11.0. The van der Waals surface area contributed by atoms with Crippen LogP contribution in [0.3, 0.4) is 0 Å². The lowest BCUT2D eigenvalue weighted by Gasteiger charge is -2.26. The smallest absolute Gasteiger partial charge is 0.266 e. The number of nitrogens with zero attached hydrogens (tertiary/aromatic N) is 6. The molecular weight excluding hydrogens is 554 g/mol. The second-order valence-corrected chi connectivity index (χ2v) is 13.1. The van der Waals surface area contributed by atoms with E-state index in [0.29, 0.717) is 42.8 Å². The SMILES string of the molecule is COCCN(CC1CC1C)c1cc(-c2nnc([C@](C)(N)Cc3ccccc3)o2)cc(N(C)S(=O)(=O)c2cccnc2)n1. The molecule has 1 aliphatic carbocycles. The molecule has 1 aromatic carbocycles. The van der Waals surface area contributed by atoms with Gasteiger partial charge in [0.05, 0.1) is 12.1 Å². The number of hydrogen-bond acceptors (Lipinski definition) is 10. The molecule has 1 aliphatic rings. The van der Waals surface area contributed by atoms with Gasteiger partial charge in [-0.1, -0.05) is 37.3 Å². The molecule has 5 rings (SSSR count). The van der Waals surface area contributed by atoms with Gasteiger partial charge in [0, 0.05) is 45.2 Å². The summed E-state index contributed by atoms with van der Waals surface area (Å²) >= 11 is 0. The molecule has 3 atom stereocenters. The lowest BCUT2D eigenvalue weighted by atomic mass is 9.94. The average molecular weight is 592 g/mol. The summed E-state index contributed by atoms with van der Waals surface area (Å²) in [5.41, 5.74) is 7.30. The van der Waals surface area contributed by atoms with Crippen LogP contribution < -0.4 is 14.9 Å². The first-order chi connectivity index (χ1) is 20.1. The van der Waals surface area contributed by atoms with Crippen LogP contribution in [0.25, 0.3) is 11.5 Å². The zero-order chi connectivity index (χ0) is 29.9. The molecule has 222 valence electrons. The highest BCUT2D eigenvalue weighted by atomic mass is 32.2. The van der Waals surface area contributed by atoms with E-state index in [0.717, 1.165) is 22.8 Å². The number of sulfonamides is 1. The molecule has 0 saturated heterocycles. The molecule has 2 N–H and O–H groups in total. The van der Waals surface area contributed by atoms with E-state index in [2.05, 4.69) is 27.0 Å². The van der Waals surface area contributed by atoms with E-state index in [1.54, 1.807) is 19.2 Å². The Morgan fingerprint density at radius 2 is 1.86 bits per heavy atom. The summed E-state index contributed by atoms with van der Waals surface area (Å²) < 4.78 is 39.7. The molecule has 0 radical (unpaired) electrons. The zero-order valence-corrected chi connectivity index (χ0v) is 25.2. The van der Waals surface area contributed by atoms with Crippen molar-refractivity contribution in [2.75, 3.05) is 43.1 Å². The number of pyridine rings is 2. The van der Waals surface area contributed by atoms with Crippen molar-refractivity contribution in [3.05, 3.63) is 78.4 Å². The molecule has 3 aromatic heterocycles. The number of rotatable bonds is 13. The largest absolute Gasteiger partial charge is 0.419 e. The molecule has 11 nitrogen and oxygen atoms in total. The van der Waals surface area contributed by atoms with Crippen LogP contribution in [0.15, 0.2) is 76.3 Å². The Balaban J connectivity index is 1.54. The highest BCUT2D eigenvalue weighted by Crippen LogP contribution is 2.39. The summed E-state index contributed by atoms with van der Waals surface area (Å²) in [5, 5.41) is 8.61. The number of anilines is 2. The second-order valence-electron chi connectivity index (χ2n) is 11.1. The summed E-state index contributed by atoms with van der Waals surface area (Å²) in [7, 11) is -0.822. The van der Waals surface area contributed by atoms with Crippen molar-refractivity contribution in [2.24, 2.45) is 17.6 Å². The van der Waals surface area contributed by atoms with E-state index in [4.69, 9.17) is 19.9 Å². The first kappa shape index (κ1) is 29.6. The van der Waals surface area contributed by atoms with E-state index in [9.17, 15) is 8.42 Å². The minimum absolute atomic E-state index is 0.0594. The third kappa shape index (κ3) is 6.61. The molecule has 42 heavy (non-hydrogen) atoms. The van der Waals surface area contributed by atoms with Crippen LogP contribution in [0.4, 0.5) is 11.6 Å². The van der Waals surface area contributed by atoms with Gasteiger partial charge in [0.25, 0.3) is 10.0 Å². The third-order valence-electron chi connectivity index (χ3n) is 7.61. The highest BCUT2D eigenvalue weighted by molar-refractivity contribution is 7.92. The third-order valence-corrected chi connectivity index (χ3v) is 9.35. The number of ether oxygens (including phenoxy) is 1. The minimum atomic E-state index is -3.94. The maximum atomic E-state index is 13.5. The number of benzene rings is 1. The summed E-state index contributed by atoms with van der Waals surface area (Å²) in [6.07, 6.45) is 4.47. The maximum absolute atomic E-state index is 13.5. The average Bonchev–Trinajstić information content (AvgIpc) is 3.45. The van der Waals surface area contributed by atoms with Crippen LogP contribution in [-0.2, 0) is 26.7 Å². The van der Waals surface area contributed by atoms with Crippen molar-refractivity contribution < 1.29 is 17.6 Å². The Morgan fingerprint density at radius 1 is 1.12 bits per heavy atom. The van der Waals surface area contributed by atoms with E-state index in [-0.39, 0.29) is 22.5 Å². The lowest BCUT2D eigenvalue weighted by molar-refractivity contribution is 0.204. The van der Waals surface area contributed by atoms with Crippen molar-refractivity contribution >= 4 is 21.7 Å². The normalized spacial score (nSPS) is 17.9. The van der Waals surface area contributed by atoms with Crippen molar-refractivity contribution in [3.63, 3.8) is 0 Å². The number of aromatic nitrogens is 4. The lowest BCUT2D eigenvalue weighted by Crippen LogP contribution is -2.35. The van der Waals surface area contributed by atoms with E-state index < -0.39 is 15.6 Å². The molecule has 3 heterocycles. The Hall–Kier alpha value is -3.87. The van der Waals surface area contributed by atoms with Crippen molar-refractivity contribution in [3.8, 4) is 11.5 Å². The van der Waals surface area contributed by atoms with Gasteiger partial charge in [-0.25, -0.2) is 13.4 Å². The molecule has 1 fully saturated rings. The van der Waals surface area contributed by atoms with Crippen molar-refractivity contribution in [1.29, 1.82) is 0 Å².